The Kier molecular flexibility index (Phi) is 7.38. The zero-order chi connectivity index (χ0) is 26.7. The van der Waals surface area contributed by atoms with Crippen molar-refractivity contribution in [2.24, 2.45) is 5.92 Å². The second-order valence-electron chi connectivity index (χ2n) is 9.19. The van der Waals surface area contributed by atoms with E-state index in [0.29, 0.717) is 16.7 Å². The largest absolute Gasteiger partial charge is 0.302 e. The molecule has 0 N–H and O–H groups in total. The van der Waals surface area contributed by atoms with Crippen LogP contribution in [0.25, 0.3) is 6.08 Å². The van der Waals surface area contributed by atoms with Gasteiger partial charge in [0.1, 0.15) is 16.6 Å². The van der Waals surface area contributed by atoms with Gasteiger partial charge >= 0.3 is 0 Å². The smallest absolute Gasteiger partial charge is 0.271 e. The minimum Gasteiger partial charge on any atom is -0.302 e. The summed E-state index contributed by atoms with van der Waals surface area (Å²) in [4.78, 5) is 30.5. The van der Waals surface area contributed by atoms with Gasteiger partial charge in [0.05, 0.1) is 11.6 Å². The topological polar surface area (TPSA) is 88.2 Å². The van der Waals surface area contributed by atoms with E-state index in [1.54, 1.807) is 32.1 Å². The molecule has 37 heavy (non-hydrogen) atoms. The lowest BCUT2D eigenvalue weighted by atomic mass is 9.85. The second kappa shape index (κ2) is 10.7. The summed E-state index contributed by atoms with van der Waals surface area (Å²) in [6.07, 6.45) is 1.78. The Morgan fingerprint density at radius 1 is 0.838 bits per heavy atom. The number of rotatable bonds is 6. The van der Waals surface area contributed by atoms with Gasteiger partial charge in [-0.2, -0.15) is 10.5 Å². The molecule has 4 rings (SSSR count). The molecule has 1 aliphatic heterocycles. The number of para-hydroxylation sites is 1. The fourth-order valence-corrected chi connectivity index (χ4v) is 5.36. The molecule has 0 radical (unpaired) electrons. The van der Waals surface area contributed by atoms with Gasteiger partial charge in [0, 0.05) is 27.9 Å². The van der Waals surface area contributed by atoms with E-state index in [-0.39, 0.29) is 23.4 Å². The van der Waals surface area contributed by atoms with Crippen LogP contribution in [0.5, 0.6) is 0 Å². The van der Waals surface area contributed by atoms with Crippen molar-refractivity contribution in [1.82, 2.24) is 4.90 Å². The lowest BCUT2D eigenvalue weighted by Gasteiger charge is -2.32. The summed E-state index contributed by atoms with van der Waals surface area (Å²) in [6.45, 7) is 7.30. The van der Waals surface area contributed by atoms with Crippen LogP contribution < -0.4 is 4.90 Å². The number of carbonyl (C=O) groups excluding carboxylic acids is 2. The molecular formula is C30H26N4O2S. The molecular weight excluding hydrogens is 480 g/mol. The average molecular weight is 507 g/mol. The van der Waals surface area contributed by atoms with E-state index in [0.717, 1.165) is 26.2 Å². The number of carbonyl (C=O) groups is 2. The van der Waals surface area contributed by atoms with Crippen molar-refractivity contribution < 1.29 is 9.59 Å². The van der Waals surface area contributed by atoms with Gasteiger partial charge in [-0.05, 0) is 79.9 Å². The third kappa shape index (κ3) is 4.95. The Morgan fingerprint density at radius 3 is 2.05 bits per heavy atom. The number of benzene rings is 2. The summed E-state index contributed by atoms with van der Waals surface area (Å²) in [5, 5.41) is 19.9. The summed E-state index contributed by atoms with van der Waals surface area (Å²) in [5.74, 6) is -1.10. The molecule has 2 aromatic carbocycles. The van der Waals surface area contributed by atoms with Gasteiger partial charge in [0.2, 0.25) is 0 Å². The van der Waals surface area contributed by atoms with E-state index in [2.05, 4.69) is 11.0 Å². The van der Waals surface area contributed by atoms with Crippen molar-refractivity contribution in [2.75, 3.05) is 4.90 Å². The number of thiophene rings is 1. The molecule has 0 bridgehead atoms. The first-order chi connectivity index (χ1) is 17.8. The highest BCUT2D eigenvalue weighted by molar-refractivity contribution is 7.17. The van der Waals surface area contributed by atoms with Crippen LogP contribution in [-0.2, 0) is 9.59 Å². The highest BCUT2D eigenvalue weighted by Crippen LogP contribution is 2.40. The molecule has 6 nitrogen and oxygen atoms in total. The van der Waals surface area contributed by atoms with Gasteiger partial charge < -0.3 is 4.90 Å². The second-order valence-corrected chi connectivity index (χ2v) is 10.3. The SMILES string of the molecule is CC(C)C1=C(C#N)C(=O)N(C(C)C)C(=O)/C1=C/c1ccc(N(c2ccccc2)c2ccc(C#N)cc2)s1. The number of amides is 2. The summed E-state index contributed by atoms with van der Waals surface area (Å²) < 4.78 is 0. The molecule has 0 atom stereocenters. The molecule has 0 aliphatic carbocycles. The predicted octanol–water partition coefficient (Wildman–Crippen LogP) is 6.73. The van der Waals surface area contributed by atoms with Crippen molar-refractivity contribution in [1.29, 1.82) is 10.5 Å². The highest BCUT2D eigenvalue weighted by Gasteiger charge is 2.39. The molecule has 0 saturated heterocycles. The molecule has 0 unspecified atom stereocenters. The summed E-state index contributed by atoms with van der Waals surface area (Å²) in [6, 6.07) is 25.0. The van der Waals surface area contributed by atoms with Gasteiger partial charge in [-0.25, -0.2) is 0 Å². The van der Waals surface area contributed by atoms with E-state index in [1.807, 2.05) is 74.5 Å². The summed E-state index contributed by atoms with van der Waals surface area (Å²) in [7, 11) is 0. The monoisotopic (exact) mass is 506 g/mol. The fourth-order valence-electron chi connectivity index (χ4n) is 4.37. The van der Waals surface area contributed by atoms with Gasteiger partial charge in [0.25, 0.3) is 11.8 Å². The van der Waals surface area contributed by atoms with Crippen LogP contribution in [-0.4, -0.2) is 22.8 Å². The standard InChI is InChI=1S/C30H26N4O2S/c1-19(2)28-25(29(35)33(20(3)4)30(36)26(28)18-32)16-24-14-15-27(37-24)34(22-8-6-5-7-9-22)23-12-10-21(17-31)11-13-23/h5-16,19-20H,1-4H3/b25-16+. The minimum atomic E-state index is -0.536. The Bertz CT molecular complexity index is 1480. The maximum Gasteiger partial charge on any atom is 0.271 e. The maximum absolute atomic E-state index is 13.5. The van der Waals surface area contributed by atoms with E-state index >= 15 is 0 Å². The molecule has 1 aromatic heterocycles. The third-order valence-corrected chi connectivity index (χ3v) is 7.05. The van der Waals surface area contributed by atoms with E-state index in [1.165, 1.54) is 11.3 Å². The van der Waals surface area contributed by atoms with Crippen molar-refractivity contribution in [3.63, 3.8) is 0 Å². The lowest BCUT2D eigenvalue weighted by molar-refractivity contribution is -0.142. The molecule has 184 valence electrons. The first-order valence-electron chi connectivity index (χ1n) is 12.0. The molecule has 0 spiro atoms. The van der Waals surface area contributed by atoms with E-state index in [9.17, 15) is 20.1 Å². The normalized spacial score (nSPS) is 14.9. The Hall–Kier alpha value is -4.46. The minimum absolute atomic E-state index is 0.0230. The number of imide groups is 1. The van der Waals surface area contributed by atoms with Crippen LogP contribution in [0.1, 0.15) is 38.1 Å². The number of nitriles is 2. The van der Waals surface area contributed by atoms with Crippen molar-refractivity contribution in [3.8, 4) is 12.1 Å². The van der Waals surface area contributed by atoms with Crippen LogP contribution in [0.4, 0.5) is 16.4 Å². The fraction of sp³-hybridized carbons (Fsp3) is 0.200. The van der Waals surface area contributed by atoms with Crippen molar-refractivity contribution >= 4 is 45.6 Å². The van der Waals surface area contributed by atoms with Crippen LogP contribution in [0.3, 0.4) is 0 Å². The molecule has 3 aromatic rings. The highest BCUT2D eigenvalue weighted by atomic mass is 32.1. The van der Waals surface area contributed by atoms with Gasteiger partial charge in [0.15, 0.2) is 0 Å². The van der Waals surface area contributed by atoms with Gasteiger partial charge in [-0.3, -0.25) is 14.5 Å². The quantitative estimate of drug-likeness (QED) is 0.273. The zero-order valence-electron chi connectivity index (χ0n) is 21.1. The van der Waals surface area contributed by atoms with Crippen LogP contribution >= 0.6 is 11.3 Å². The van der Waals surface area contributed by atoms with Gasteiger partial charge in [-0.15, -0.1) is 11.3 Å². The average Bonchev–Trinajstić information content (AvgIpc) is 3.34. The van der Waals surface area contributed by atoms with E-state index < -0.39 is 5.91 Å². The molecule has 7 heteroatoms. The Labute approximate surface area is 221 Å². The maximum atomic E-state index is 13.5. The van der Waals surface area contributed by atoms with Gasteiger partial charge in [-0.1, -0.05) is 32.0 Å². The molecule has 0 fully saturated rings. The third-order valence-electron chi connectivity index (χ3n) is 6.04. The van der Waals surface area contributed by atoms with Crippen LogP contribution in [0.2, 0.25) is 0 Å². The van der Waals surface area contributed by atoms with Crippen molar-refractivity contribution in [3.05, 3.63) is 93.9 Å². The molecule has 1 aliphatic rings. The first kappa shape index (κ1) is 25.6. The van der Waals surface area contributed by atoms with E-state index in [4.69, 9.17) is 0 Å². The van der Waals surface area contributed by atoms with Crippen LogP contribution in [0, 0.1) is 28.6 Å². The lowest BCUT2D eigenvalue weighted by Crippen LogP contribution is -2.47. The number of nitrogens with zero attached hydrogens (tertiary/aromatic N) is 4. The Morgan fingerprint density at radius 2 is 1.49 bits per heavy atom. The van der Waals surface area contributed by atoms with Crippen LogP contribution in [0.15, 0.2) is 83.4 Å². The Balaban J connectivity index is 1.83. The molecule has 2 amide bonds. The first-order valence-corrected chi connectivity index (χ1v) is 12.8. The number of hydrogen-bond acceptors (Lipinski definition) is 6. The molecule has 0 saturated carbocycles. The van der Waals surface area contributed by atoms with Crippen molar-refractivity contribution in [2.45, 2.75) is 33.7 Å². The number of hydrogen-bond donors (Lipinski definition) is 0. The summed E-state index contributed by atoms with van der Waals surface area (Å²) >= 11 is 1.49. The zero-order valence-corrected chi connectivity index (χ0v) is 21.9. The molecule has 2 heterocycles. The predicted molar refractivity (Wildman–Crippen MR) is 146 cm³/mol. The summed E-state index contributed by atoms with van der Waals surface area (Å²) in [5.41, 5.74) is 3.30. The number of anilines is 3.